The predicted molar refractivity (Wildman–Crippen MR) is 85.3 cm³/mol. The number of carboxylic acids is 1. The molecule has 1 aliphatic rings. The molecule has 0 radical (unpaired) electrons. The normalized spacial score (nSPS) is 17.1. The van der Waals surface area contributed by atoms with Gasteiger partial charge in [-0.25, -0.2) is 4.79 Å². The van der Waals surface area contributed by atoms with Gasteiger partial charge in [0.25, 0.3) is 0 Å². The number of piperidine rings is 1. The summed E-state index contributed by atoms with van der Waals surface area (Å²) in [5.41, 5.74) is 0.753. The van der Waals surface area contributed by atoms with E-state index in [9.17, 15) is 9.59 Å². The first-order valence-electron chi connectivity index (χ1n) is 7.11. The molecular formula is C15H18Cl2N2O3. The standard InChI is InChI=1S/C15H18Cl2N2O3/c1-9(12-8-11(16)2-3-13(12)17)18-15(22)19-6-4-10(5-7-19)14(20)21/h2-3,8-10H,4-7H2,1H3,(H,18,22)(H,20,21)/t9-/m0/s1. The fourth-order valence-electron chi connectivity index (χ4n) is 2.53. The van der Waals surface area contributed by atoms with Crippen molar-refractivity contribution < 1.29 is 14.7 Å². The maximum atomic E-state index is 12.2. The van der Waals surface area contributed by atoms with Crippen molar-refractivity contribution in [2.24, 2.45) is 5.92 Å². The van der Waals surface area contributed by atoms with E-state index in [4.69, 9.17) is 28.3 Å². The molecule has 0 aliphatic carbocycles. The van der Waals surface area contributed by atoms with Gasteiger partial charge in [0.1, 0.15) is 0 Å². The van der Waals surface area contributed by atoms with Crippen LogP contribution in [0.3, 0.4) is 0 Å². The Bertz CT molecular complexity index is 572. The van der Waals surface area contributed by atoms with Crippen LogP contribution >= 0.6 is 23.2 Å². The van der Waals surface area contributed by atoms with Crippen LogP contribution in [0.25, 0.3) is 0 Å². The number of aliphatic carboxylic acids is 1. The molecule has 0 saturated carbocycles. The molecule has 0 aromatic heterocycles. The van der Waals surface area contributed by atoms with Crippen LogP contribution in [0, 0.1) is 5.92 Å². The van der Waals surface area contributed by atoms with Gasteiger partial charge in [-0.1, -0.05) is 23.2 Å². The second-order valence-electron chi connectivity index (χ2n) is 5.44. The lowest BCUT2D eigenvalue weighted by molar-refractivity contribution is -0.143. The third-order valence-electron chi connectivity index (χ3n) is 3.90. The molecule has 1 heterocycles. The molecule has 1 aromatic rings. The highest BCUT2D eigenvalue weighted by molar-refractivity contribution is 6.33. The van der Waals surface area contributed by atoms with Crippen molar-refractivity contribution in [1.82, 2.24) is 10.2 Å². The average Bonchev–Trinajstić information content (AvgIpc) is 2.49. The highest BCUT2D eigenvalue weighted by Gasteiger charge is 2.27. The number of benzene rings is 1. The summed E-state index contributed by atoms with van der Waals surface area (Å²) in [7, 11) is 0. The Balaban J connectivity index is 1.94. The van der Waals surface area contributed by atoms with Gasteiger partial charge in [0.2, 0.25) is 0 Å². The van der Waals surface area contributed by atoms with Crippen LogP contribution in [-0.4, -0.2) is 35.1 Å². The van der Waals surface area contributed by atoms with Crippen LogP contribution in [0.4, 0.5) is 4.79 Å². The second kappa shape index (κ2) is 7.20. The van der Waals surface area contributed by atoms with Crippen LogP contribution in [0.5, 0.6) is 0 Å². The van der Waals surface area contributed by atoms with E-state index in [0.717, 1.165) is 5.56 Å². The molecule has 1 atom stereocenters. The monoisotopic (exact) mass is 344 g/mol. The maximum absolute atomic E-state index is 12.2. The second-order valence-corrected chi connectivity index (χ2v) is 6.28. The van der Waals surface area contributed by atoms with Gasteiger partial charge in [0.05, 0.1) is 12.0 Å². The zero-order valence-electron chi connectivity index (χ0n) is 12.2. The number of halogens is 2. The third kappa shape index (κ3) is 4.05. The summed E-state index contributed by atoms with van der Waals surface area (Å²) in [5, 5.41) is 12.9. The van der Waals surface area contributed by atoms with Crippen LogP contribution in [0.15, 0.2) is 18.2 Å². The minimum absolute atomic E-state index is 0.215. The van der Waals surface area contributed by atoms with E-state index in [1.54, 1.807) is 23.1 Å². The van der Waals surface area contributed by atoms with Crippen molar-refractivity contribution >= 4 is 35.2 Å². The number of amides is 2. The number of hydrogen-bond donors (Lipinski definition) is 2. The van der Waals surface area contributed by atoms with Gasteiger partial charge in [0.15, 0.2) is 0 Å². The van der Waals surface area contributed by atoms with E-state index in [1.807, 2.05) is 6.92 Å². The smallest absolute Gasteiger partial charge is 0.317 e. The quantitative estimate of drug-likeness (QED) is 0.880. The van der Waals surface area contributed by atoms with E-state index in [-0.39, 0.29) is 18.0 Å². The minimum Gasteiger partial charge on any atom is -0.481 e. The van der Waals surface area contributed by atoms with Crippen LogP contribution in [-0.2, 0) is 4.79 Å². The molecule has 0 bridgehead atoms. The van der Waals surface area contributed by atoms with Gasteiger partial charge in [-0.05, 0) is 43.5 Å². The molecule has 5 nitrogen and oxygen atoms in total. The number of carbonyl (C=O) groups is 2. The number of carbonyl (C=O) groups excluding carboxylic acids is 1. The molecule has 7 heteroatoms. The lowest BCUT2D eigenvalue weighted by atomic mass is 9.97. The van der Waals surface area contributed by atoms with Crippen molar-refractivity contribution in [1.29, 1.82) is 0 Å². The summed E-state index contributed by atoms with van der Waals surface area (Å²) in [6.07, 6.45) is 0.962. The summed E-state index contributed by atoms with van der Waals surface area (Å²) in [6.45, 7) is 2.72. The average molecular weight is 345 g/mol. The highest BCUT2D eigenvalue weighted by atomic mass is 35.5. The molecule has 2 amide bonds. The summed E-state index contributed by atoms with van der Waals surface area (Å²) in [6, 6.07) is 4.62. The molecule has 1 aliphatic heterocycles. The molecule has 1 saturated heterocycles. The molecular weight excluding hydrogens is 327 g/mol. The Hall–Kier alpha value is -1.46. The molecule has 1 fully saturated rings. The number of likely N-dealkylation sites (tertiary alicyclic amines) is 1. The fraction of sp³-hybridized carbons (Fsp3) is 0.467. The van der Waals surface area contributed by atoms with E-state index < -0.39 is 5.97 Å². The zero-order chi connectivity index (χ0) is 16.3. The predicted octanol–water partition coefficient (Wildman–Crippen LogP) is 3.56. The molecule has 120 valence electrons. The first-order valence-corrected chi connectivity index (χ1v) is 7.87. The molecule has 0 unspecified atom stereocenters. The van der Waals surface area contributed by atoms with Gasteiger partial charge in [-0.2, -0.15) is 0 Å². The van der Waals surface area contributed by atoms with Gasteiger partial charge >= 0.3 is 12.0 Å². The van der Waals surface area contributed by atoms with Gasteiger partial charge in [-0.15, -0.1) is 0 Å². The number of nitrogens with zero attached hydrogens (tertiary/aromatic N) is 1. The van der Waals surface area contributed by atoms with Gasteiger partial charge in [0, 0.05) is 23.1 Å². The molecule has 2 rings (SSSR count). The Morgan fingerprint density at radius 2 is 1.95 bits per heavy atom. The van der Waals surface area contributed by atoms with Gasteiger partial charge in [-0.3, -0.25) is 4.79 Å². The lowest BCUT2D eigenvalue weighted by Gasteiger charge is -2.31. The molecule has 2 N–H and O–H groups in total. The largest absolute Gasteiger partial charge is 0.481 e. The van der Waals surface area contributed by atoms with Crippen molar-refractivity contribution in [3.63, 3.8) is 0 Å². The minimum atomic E-state index is -0.792. The van der Waals surface area contributed by atoms with Gasteiger partial charge < -0.3 is 15.3 Å². The Morgan fingerprint density at radius 3 is 2.55 bits per heavy atom. The van der Waals surface area contributed by atoms with Crippen LogP contribution in [0.1, 0.15) is 31.4 Å². The SMILES string of the molecule is C[C@H](NC(=O)N1CCC(C(=O)O)CC1)c1cc(Cl)ccc1Cl. The fourth-order valence-corrected chi connectivity index (χ4v) is 2.99. The lowest BCUT2D eigenvalue weighted by Crippen LogP contribution is -2.46. The summed E-state index contributed by atoms with van der Waals surface area (Å²) >= 11 is 12.1. The Labute approximate surface area is 139 Å². The van der Waals surface area contributed by atoms with Crippen molar-refractivity contribution in [2.75, 3.05) is 13.1 Å². The Kier molecular flexibility index (Phi) is 5.53. The molecule has 22 heavy (non-hydrogen) atoms. The maximum Gasteiger partial charge on any atom is 0.317 e. The van der Waals surface area contributed by atoms with E-state index >= 15 is 0 Å². The molecule has 1 aromatic carbocycles. The van der Waals surface area contributed by atoms with E-state index in [0.29, 0.717) is 36.0 Å². The highest BCUT2D eigenvalue weighted by Crippen LogP contribution is 2.26. The number of rotatable bonds is 3. The molecule has 0 spiro atoms. The number of urea groups is 1. The van der Waals surface area contributed by atoms with Crippen LogP contribution in [0.2, 0.25) is 10.0 Å². The number of carboxylic acid groups (broad SMARTS) is 1. The summed E-state index contributed by atoms with van der Waals surface area (Å²) in [4.78, 5) is 24.8. The topological polar surface area (TPSA) is 69.6 Å². The summed E-state index contributed by atoms with van der Waals surface area (Å²) < 4.78 is 0. The van der Waals surface area contributed by atoms with Crippen molar-refractivity contribution in [2.45, 2.75) is 25.8 Å². The number of nitrogens with one attached hydrogen (secondary N) is 1. The first-order chi connectivity index (χ1) is 10.4. The number of hydrogen-bond acceptors (Lipinski definition) is 2. The Morgan fingerprint density at radius 1 is 1.32 bits per heavy atom. The zero-order valence-corrected chi connectivity index (χ0v) is 13.7. The van der Waals surface area contributed by atoms with Crippen LogP contribution < -0.4 is 5.32 Å². The van der Waals surface area contributed by atoms with E-state index in [1.165, 1.54) is 0 Å². The third-order valence-corrected chi connectivity index (χ3v) is 4.48. The van der Waals surface area contributed by atoms with Crippen molar-refractivity contribution in [3.8, 4) is 0 Å². The first kappa shape index (κ1) is 16.9. The van der Waals surface area contributed by atoms with E-state index in [2.05, 4.69) is 5.32 Å². The van der Waals surface area contributed by atoms with Crippen molar-refractivity contribution in [3.05, 3.63) is 33.8 Å². The summed E-state index contributed by atoms with van der Waals surface area (Å²) in [5.74, 6) is -1.15.